The third kappa shape index (κ3) is 3.34. The number of nitrogens with one attached hydrogen (secondary N) is 1. The molecule has 1 N–H and O–H groups in total. The second-order valence-electron chi connectivity index (χ2n) is 4.32. The molecular weight excluding hydrogens is 336 g/mol. The van der Waals surface area contributed by atoms with Crippen LogP contribution in [0.1, 0.15) is 37.0 Å². The summed E-state index contributed by atoms with van der Waals surface area (Å²) in [7, 11) is 0. The maximum absolute atomic E-state index is 5.85. The van der Waals surface area contributed by atoms with E-state index in [2.05, 4.69) is 32.8 Å². The van der Waals surface area contributed by atoms with Crippen LogP contribution < -0.4 is 0 Å². The minimum Gasteiger partial charge on any atom is -0.366 e. The molecule has 0 saturated carbocycles. The molecule has 5 heteroatoms. The third-order valence-electron chi connectivity index (χ3n) is 2.99. The van der Waals surface area contributed by atoms with Gasteiger partial charge in [-0.3, -0.25) is 0 Å². The average Bonchev–Trinajstić information content (AvgIpc) is 2.48. The molecule has 0 radical (unpaired) electrons. The van der Waals surface area contributed by atoms with Crippen LogP contribution in [0.3, 0.4) is 0 Å². The van der Waals surface area contributed by atoms with E-state index in [1.165, 1.54) is 0 Å². The lowest BCUT2D eigenvalue weighted by molar-refractivity contribution is 0.0848. The van der Waals surface area contributed by atoms with Crippen LogP contribution in [-0.4, -0.2) is 16.6 Å². The molecular formula is C15H17BrN2OS. The fourth-order valence-corrected chi connectivity index (χ4v) is 2.71. The Morgan fingerprint density at radius 3 is 2.60 bits per heavy atom. The molecule has 106 valence electrons. The molecule has 2 aromatic rings. The van der Waals surface area contributed by atoms with E-state index in [1.807, 2.05) is 37.3 Å². The topological polar surface area (TPSA) is 37.9 Å². The first-order chi connectivity index (χ1) is 9.67. The van der Waals surface area contributed by atoms with Gasteiger partial charge in [0.2, 0.25) is 0 Å². The van der Waals surface area contributed by atoms with Gasteiger partial charge < -0.3 is 9.72 Å². The van der Waals surface area contributed by atoms with Gasteiger partial charge in [-0.05, 0) is 34.8 Å². The van der Waals surface area contributed by atoms with Gasteiger partial charge in [-0.15, -0.1) is 0 Å². The molecule has 0 bridgehead atoms. The number of halogens is 1. The molecule has 1 aromatic carbocycles. The van der Waals surface area contributed by atoms with Crippen molar-refractivity contribution < 1.29 is 4.74 Å². The summed E-state index contributed by atoms with van der Waals surface area (Å²) in [6.07, 6.45) is 0.634. The van der Waals surface area contributed by atoms with E-state index in [4.69, 9.17) is 17.0 Å². The zero-order valence-corrected chi connectivity index (χ0v) is 13.9. The number of ether oxygens (including phenoxy) is 1. The van der Waals surface area contributed by atoms with Gasteiger partial charge >= 0.3 is 0 Å². The van der Waals surface area contributed by atoms with Crippen molar-refractivity contribution in [2.24, 2.45) is 0 Å². The highest BCUT2D eigenvalue weighted by molar-refractivity contribution is 9.10. The molecule has 1 heterocycles. The predicted octanol–water partition coefficient (Wildman–Crippen LogP) is 4.59. The van der Waals surface area contributed by atoms with Gasteiger partial charge in [0.1, 0.15) is 16.6 Å². The highest BCUT2D eigenvalue weighted by Crippen LogP contribution is 2.25. The summed E-state index contributed by atoms with van der Waals surface area (Å²) >= 11 is 8.79. The van der Waals surface area contributed by atoms with E-state index in [1.54, 1.807) is 0 Å². The Morgan fingerprint density at radius 1 is 1.30 bits per heavy atom. The number of aromatic nitrogens is 2. The molecule has 20 heavy (non-hydrogen) atoms. The maximum Gasteiger partial charge on any atom is 0.144 e. The fraction of sp³-hybridized carbons (Fsp3) is 0.333. The Hall–Kier alpha value is -1.04. The van der Waals surface area contributed by atoms with Gasteiger partial charge in [0.25, 0.3) is 0 Å². The van der Waals surface area contributed by atoms with Crippen LogP contribution in [0.25, 0.3) is 0 Å². The normalized spacial score (nSPS) is 12.3. The van der Waals surface area contributed by atoms with Crippen LogP contribution in [0.15, 0.2) is 34.8 Å². The number of rotatable bonds is 5. The van der Waals surface area contributed by atoms with Crippen molar-refractivity contribution in [2.75, 3.05) is 6.61 Å². The summed E-state index contributed by atoms with van der Waals surface area (Å²) in [6.45, 7) is 4.66. The van der Waals surface area contributed by atoms with E-state index in [9.17, 15) is 0 Å². The highest BCUT2D eigenvalue weighted by Gasteiger charge is 2.18. The molecule has 2 rings (SSSR count). The summed E-state index contributed by atoms with van der Waals surface area (Å²) in [5.41, 5.74) is 2.11. The van der Waals surface area contributed by atoms with Crippen LogP contribution in [0.5, 0.6) is 0 Å². The van der Waals surface area contributed by atoms with Gasteiger partial charge in [-0.2, -0.15) is 0 Å². The van der Waals surface area contributed by atoms with E-state index in [-0.39, 0.29) is 6.10 Å². The lowest BCUT2D eigenvalue weighted by Gasteiger charge is -2.18. The molecule has 1 aromatic heterocycles. The Balaban J connectivity index is 2.50. The van der Waals surface area contributed by atoms with Gasteiger partial charge in [-0.1, -0.05) is 49.5 Å². The lowest BCUT2D eigenvalue weighted by Crippen LogP contribution is -2.12. The van der Waals surface area contributed by atoms with E-state index < -0.39 is 0 Å². The second kappa shape index (κ2) is 7.11. The fourth-order valence-electron chi connectivity index (χ4n) is 2.02. The molecule has 0 amide bonds. The first kappa shape index (κ1) is 15.4. The van der Waals surface area contributed by atoms with Crippen molar-refractivity contribution >= 4 is 28.1 Å². The van der Waals surface area contributed by atoms with Gasteiger partial charge in [0.05, 0.1) is 4.47 Å². The number of nitrogens with zero attached hydrogens (tertiary/aromatic N) is 1. The molecule has 0 saturated heterocycles. The molecule has 0 aliphatic rings. The number of benzene rings is 1. The van der Waals surface area contributed by atoms with Crippen molar-refractivity contribution in [1.82, 2.24) is 9.97 Å². The Morgan fingerprint density at radius 2 is 2.00 bits per heavy atom. The Labute approximate surface area is 132 Å². The number of aryl methyl sites for hydroxylation is 1. The molecule has 1 atom stereocenters. The SMILES string of the molecule is CCOC(c1ccccc1)c1nc(=S)c(Br)c(CC)[nH]1. The summed E-state index contributed by atoms with van der Waals surface area (Å²) in [4.78, 5) is 7.80. The predicted molar refractivity (Wildman–Crippen MR) is 86.4 cm³/mol. The van der Waals surface area contributed by atoms with Crippen molar-refractivity contribution in [3.05, 3.63) is 56.5 Å². The minimum atomic E-state index is -0.221. The maximum atomic E-state index is 5.85. The monoisotopic (exact) mass is 352 g/mol. The van der Waals surface area contributed by atoms with Gasteiger partial charge in [0, 0.05) is 12.3 Å². The summed E-state index contributed by atoms with van der Waals surface area (Å²) in [6, 6.07) is 10.0. The third-order valence-corrected chi connectivity index (χ3v) is 4.40. The molecule has 1 unspecified atom stereocenters. The minimum absolute atomic E-state index is 0.221. The van der Waals surface area contributed by atoms with Crippen LogP contribution in [-0.2, 0) is 11.2 Å². The molecule has 3 nitrogen and oxygen atoms in total. The van der Waals surface area contributed by atoms with E-state index in [0.29, 0.717) is 11.2 Å². The number of aromatic amines is 1. The molecule has 0 fully saturated rings. The standard InChI is InChI=1S/C15H17BrN2OS/c1-3-11-12(16)15(20)18-14(17-11)13(19-4-2)10-8-6-5-7-9-10/h5-9,13H,3-4H2,1-2H3,(H,17,18,20). The van der Waals surface area contributed by atoms with Crippen molar-refractivity contribution in [1.29, 1.82) is 0 Å². The van der Waals surface area contributed by atoms with Crippen LogP contribution in [0.2, 0.25) is 0 Å². The van der Waals surface area contributed by atoms with Crippen molar-refractivity contribution in [3.8, 4) is 0 Å². The molecule has 0 aliphatic carbocycles. The largest absolute Gasteiger partial charge is 0.366 e. The smallest absolute Gasteiger partial charge is 0.144 e. The van der Waals surface area contributed by atoms with Crippen molar-refractivity contribution in [3.63, 3.8) is 0 Å². The zero-order chi connectivity index (χ0) is 14.5. The van der Waals surface area contributed by atoms with Crippen molar-refractivity contribution in [2.45, 2.75) is 26.4 Å². The van der Waals surface area contributed by atoms with E-state index in [0.717, 1.165) is 28.0 Å². The molecule has 0 spiro atoms. The number of hydrogen-bond donors (Lipinski definition) is 1. The summed E-state index contributed by atoms with van der Waals surface area (Å²) in [5, 5.41) is 0. The number of hydrogen-bond acceptors (Lipinski definition) is 3. The first-order valence-electron chi connectivity index (χ1n) is 6.62. The van der Waals surface area contributed by atoms with Gasteiger partial charge in [0.15, 0.2) is 0 Å². The Kier molecular flexibility index (Phi) is 5.46. The number of H-pyrrole nitrogens is 1. The average molecular weight is 353 g/mol. The molecule has 0 aliphatic heterocycles. The van der Waals surface area contributed by atoms with Crippen LogP contribution in [0, 0.1) is 4.64 Å². The van der Waals surface area contributed by atoms with Crippen LogP contribution in [0.4, 0.5) is 0 Å². The van der Waals surface area contributed by atoms with Gasteiger partial charge in [-0.25, -0.2) is 4.98 Å². The Bertz CT molecular complexity index is 628. The quantitative estimate of drug-likeness (QED) is 0.799. The lowest BCUT2D eigenvalue weighted by atomic mass is 10.1. The van der Waals surface area contributed by atoms with E-state index >= 15 is 0 Å². The second-order valence-corrected chi connectivity index (χ2v) is 5.50. The zero-order valence-electron chi connectivity index (χ0n) is 11.5. The summed E-state index contributed by atoms with van der Waals surface area (Å²) in [5.74, 6) is 0.753. The van der Waals surface area contributed by atoms with Crippen LogP contribution >= 0.6 is 28.1 Å². The highest BCUT2D eigenvalue weighted by atomic mass is 79.9. The first-order valence-corrected chi connectivity index (χ1v) is 7.82. The summed E-state index contributed by atoms with van der Waals surface area (Å²) < 4.78 is 7.28.